The number of fused-ring (bicyclic) bond motifs is 4. The maximum absolute atomic E-state index is 5.78. The summed E-state index contributed by atoms with van der Waals surface area (Å²) in [5.74, 6) is 1.72. The second-order valence-corrected chi connectivity index (χ2v) is 5.53. The molecule has 4 nitrogen and oxygen atoms in total. The van der Waals surface area contributed by atoms with Gasteiger partial charge in [-0.15, -0.1) is 0 Å². The lowest BCUT2D eigenvalue weighted by Gasteiger charge is -2.26. The van der Waals surface area contributed by atoms with Crippen LogP contribution in [-0.4, -0.2) is 19.6 Å². The molecule has 0 aliphatic carbocycles. The minimum Gasteiger partial charge on any atom is -0.454 e. The molecule has 3 aliphatic heterocycles. The molecule has 0 bridgehead atoms. The number of hydrogen-bond donors (Lipinski definition) is 1. The van der Waals surface area contributed by atoms with Crippen LogP contribution in [0.15, 0.2) is 35.3 Å². The molecule has 2 aromatic rings. The van der Waals surface area contributed by atoms with E-state index in [9.17, 15) is 0 Å². The van der Waals surface area contributed by atoms with Gasteiger partial charge < -0.3 is 9.47 Å². The van der Waals surface area contributed by atoms with E-state index >= 15 is 0 Å². The Balaban J connectivity index is 1.92. The molecule has 3 aliphatic rings. The molecule has 1 atom stereocenters. The molecule has 2 aromatic carbocycles. The van der Waals surface area contributed by atoms with Gasteiger partial charge >= 0.3 is 0 Å². The van der Waals surface area contributed by atoms with Crippen LogP contribution in [0.2, 0.25) is 0 Å². The van der Waals surface area contributed by atoms with Crippen molar-refractivity contribution in [3.63, 3.8) is 0 Å². The quantitative estimate of drug-likeness (QED) is 0.805. The summed E-state index contributed by atoms with van der Waals surface area (Å²) in [6, 6.07) is 10.5. The van der Waals surface area contributed by atoms with Gasteiger partial charge in [-0.1, -0.05) is 24.3 Å². The average Bonchev–Trinajstić information content (AvgIpc) is 2.92. The minimum atomic E-state index is 0.00523. The monoisotopic (exact) mass is 278 g/mol. The molecule has 0 radical (unpaired) electrons. The second-order valence-electron chi connectivity index (χ2n) is 5.53. The van der Waals surface area contributed by atoms with Crippen molar-refractivity contribution in [2.75, 3.05) is 13.3 Å². The fraction of sp³-hybridized carbons (Fsp3) is 0.235. The molecule has 1 N–H and O–H groups in total. The Labute approximate surface area is 122 Å². The number of ether oxygens (including phenoxy) is 2. The molecule has 1 unspecified atom stereocenters. The first-order valence-electron chi connectivity index (χ1n) is 7.23. The van der Waals surface area contributed by atoms with Crippen LogP contribution in [-0.2, 0) is 6.42 Å². The first-order valence-corrected chi connectivity index (χ1v) is 7.23. The van der Waals surface area contributed by atoms with E-state index in [-0.39, 0.29) is 6.17 Å². The van der Waals surface area contributed by atoms with Gasteiger partial charge in [0.2, 0.25) is 6.79 Å². The topological polar surface area (TPSA) is 42.9 Å². The summed E-state index contributed by atoms with van der Waals surface area (Å²) in [5.41, 5.74) is 6.00. The highest BCUT2D eigenvalue weighted by Crippen LogP contribution is 2.49. The Morgan fingerprint density at radius 2 is 2.14 bits per heavy atom. The predicted molar refractivity (Wildman–Crippen MR) is 80.0 cm³/mol. The van der Waals surface area contributed by atoms with Gasteiger partial charge in [-0.25, -0.2) is 0 Å². The van der Waals surface area contributed by atoms with Gasteiger partial charge in [-0.3, -0.25) is 10.3 Å². The molecule has 3 heterocycles. The van der Waals surface area contributed by atoms with E-state index in [0.717, 1.165) is 35.6 Å². The molecule has 4 heteroatoms. The zero-order chi connectivity index (χ0) is 13.8. The molecular weight excluding hydrogens is 264 g/mol. The van der Waals surface area contributed by atoms with Gasteiger partial charge in [-0.05, 0) is 23.6 Å². The van der Waals surface area contributed by atoms with Crippen LogP contribution in [0.3, 0.4) is 0 Å². The van der Waals surface area contributed by atoms with E-state index in [1.54, 1.807) is 0 Å². The lowest BCUT2D eigenvalue weighted by Crippen LogP contribution is -2.29. The van der Waals surface area contributed by atoms with Crippen molar-refractivity contribution in [2.45, 2.75) is 12.6 Å². The summed E-state index contributed by atoms with van der Waals surface area (Å²) in [5, 5.41) is 3.49. The summed E-state index contributed by atoms with van der Waals surface area (Å²) < 4.78 is 11.4. The van der Waals surface area contributed by atoms with Crippen LogP contribution < -0.4 is 14.8 Å². The van der Waals surface area contributed by atoms with Crippen molar-refractivity contribution in [1.82, 2.24) is 5.32 Å². The van der Waals surface area contributed by atoms with E-state index in [4.69, 9.17) is 14.5 Å². The smallest absolute Gasteiger partial charge is 0.231 e. The largest absolute Gasteiger partial charge is 0.454 e. The van der Waals surface area contributed by atoms with E-state index in [1.807, 2.05) is 12.3 Å². The van der Waals surface area contributed by atoms with Crippen LogP contribution in [0.4, 0.5) is 0 Å². The molecule has 0 saturated carbocycles. The molecule has 5 rings (SSSR count). The number of aliphatic imine (C=N–C) groups is 1. The maximum atomic E-state index is 5.78. The number of nitrogens with one attached hydrogen (secondary N) is 1. The minimum absolute atomic E-state index is 0.00523. The highest BCUT2D eigenvalue weighted by atomic mass is 16.7. The summed E-state index contributed by atoms with van der Waals surface area (Å²) in [4.78, 5) is 4.73. The third-order valence-corrected chi connectivity index (χ3v) is 4.39. The van der Waals surface area contributed by atoms with Crippen molar-refractivity contribution in [1.29, 1.82) is 0 Å². The Morgan fingerprint density at radius 1 is 1.19 bits per heavy atom. The van der Waals surface area contributed by atoms with Crippen LogP contribution in [0.5, 0.6) is 11.5 Å². The van der Waals surface area contributed by atoms with E-state index in [0.29, 0.717) is 6.79 Å². The van der Waals surface area contributed by atoms with Gasteiger partial charge in [0.1, 0.15) is 6.17 Å². The van der Waals surface area contributed by atoms with Gasteiger partial charge in [0.05, 0.1) is 0 Å². The Hall–Kier alpha value is -2.33. The predicted octanol–water partition coefficient (Wildman–Crippen LogP) is 2.66. The molecule has 0 fully saturated rings. The average molecular weight is 278 g/mol. The van der Waals surface area contributed by atoms with E-state index < -0.39 is 0 Å². The summed E-state index contributed by atoms with van der Waals surface area (Å²) in [6.45, 7) is 1.23. The number of rotatable bonds is 0. The van der Waals surface area contributed by atoms with Crippen LogP contribution in [0.25, 0.3) is 11.1 Å². The zero-order valence-electron chi connectivity index (χ0n) is 11.4. The standard InChI is InChI=1S/C17H14N2O2/c1-2-4-12-11(3-1)8-19-17-14-10(5-6-18-17)7-13-16(15(12)14)21-9-20-13/h1-4,7-8,17-18H,5-6,9H2. The summed E-state index contributed by atoms with van der Waals surface area (Å²) in [6.07, 6.45) is 2.96. The first kappa shape index (κ1) is 11.3. The molecular formula is C17H14N2O2. The lowest BCUT2D eigenvalue weighted by molar-refractivity contribution is 0.174. The fourth-order valence-electron chi connectivity index (χ4n) is 3.46. The van der Waals surface area contributed by atoms with Gasteiger partial charge in [-0.2, -0.15) is 0 Å². The van der Waals surface area contributed by atoms with Crippen molar-refractivity contribution in [3.8, 4) is 22.6 Å². The molecule has 0 aromatic heterocycles. The number of nitrogens with zero attached hydrogens (tertiary/aromatic N) is 1. The highest BCUT2D eigenvalue weighted by Gasteiger charge is 2.32. The Kier molecular flexibility index (Phi) is 2.21. The number of hydrogen-bond acceptors (Lipinski definition) is 4. The third kappa shape index (κ3) is 1.51. The molecule has 0 amide bonds. The number of benzene rings is 2. The molecule has 0 spiro atoms. The van der Waals surface area contributed by atoms with E-state index in [1.165, 1.54) is 16.7 Å². The Morgan fingerprint density at radius 3 is 3.14 bits per heavy atom. The fourth-order valence-corrected chi connectivity index (χ4v) is 3.46. The van der Waals surface area contributed by atoms with Gasteiger partial charge in [0.15, 0.2) is 11.5 Å². The molecule has 21 heavy (non-hydrogen) atoms. The maximum Gasteiger partial charge on any atom is 0.231 e. The first-order chi connectivity index (χ1) is 10.4. The van der Waals surface area contributed by atoms with Crippen LogP contribution >= 0.6 is 0 Å². The van der Waals surface area contributed by atoms with Crippen molar-refractivity contribution >= 4 is 6.21 Å². The SMILES string of the molecule is C1=NC2NCCc3cc4c(c(c32)-c2ccccc21)OCO4. The third-order valence-electron chi connectivity index (χ3n) is 4.39. The zero-order valence-corrected chi connectivity index (χ0v) is 11.4. The Bertz CT molecular complexity index is 783. The van der Waals surface area contributed by atoms with Crippen LogP contribution in [0, 0.1) is 0 Å². The van der Waals surface area contributed by atoms with Crippen molar-refractivity contribution in [2.24, 2.45) is 4.99 Å². The van der Waals surface area contributed by atoms with E-state index in [2.05, 4.69) is 29.6 Å². The molecule has 104 valence electrons. The summed E-state index contributed by atoms with van der Waals surface area (Å²) in [7, 11) is 0. The summed E-state index contributed by atoms with van der Waals surface area (Å²) >= 11 is 0. The van der Waals surface area contributed by atoms with Crippen LogP contribution in [0.1, 0.15) is 22.9 Å². The second kappa shape index (κ2) is 4.09. The van der Waals surface area contributed by atoms with Gasteiger partial charge in [0.25, 0.3) is 0 Å². The van der Waals surface area contributed by atoms with Crippen molar-refractivity contribution in [3.05, 3.63) is 47.0 Å². The normalized spacial score (nSPS) is 20.7. The van der Waals surface area contributed by atoms with Crippen molar-refractivity contribution < 1.29 is 9.47 Å². The lowest BCUT2D eigenvalue weighted by atomic mass is 9.88. The molecule has 0 saturated heterocycles. The van der Waals surface area contributed by atoms with Gasteiger partial charge in [0, 0.05) is 29.4 Å². The highest BCUT2D eigenvalue weighted by molar-refractivity contribution is 5.95.